The number of Topliss-reactive ketones (excluding diaryl/α,β-unsaturated/α-hetero) is 2. The summed E-state index contributed by atoms with van der Waals surface area (Å²) in [7, 11) is 6.54. The molecule has 4 fully saturated rings. The fourth-order valence-corrected chi connectivity index (χ4v) is 16.3. The van der Waals surface area contributed by atoms with E-state index in [0.717, 1.165) is 24.3 Å². The molecule has 0 saturated carbocycles. The smallest absolute Gasteiger partial charge is 0.345 e. The first-order valence-electron chi connectivity index (χ1n) is 40.6. The van der Waals surface area contributed by atoms with Crippen LogP contribution < -0.4 is 0 Å². The Hall–Kier alpha value is -13.3. The van der Waals surface area contributed by atoms with E-state index in [1.165, 1.54) is 82.1 Å². The molecule has 4 saturated heterocycles. The molecule has 4 aliphatic heterocycles. The van der Waals surface area contributed by atoms with Gasteiger partial charge in [0, 0.05) is 135 Å². The molecule has 12 aromatic rings. The Balaban J connectivity index is 0.000000144. The molecule has 126 heavy (non-hydrogen) atoms. The Morgan fingerprint density at radius 3 is 0.865 bits per heavy atom. The molecule has 4 aliphatic rings. The van der Waals surface area contributed by atoms with Crippen LogP contribution in [0.25, 0.3) is 22.6 Å². The van der Waals surface area contributed by atoms with Crippen molar-refractivity contribution in [1.29, 1.82) is 0 Å². The maximum absolute atomic E-state index is 13.4. The van der Waals surface area contributed by atoms with Crippen LogP contribution in [0.1, 0.15) is 230 Å². The van der Waals surface area contributed by atoms with Gasteiger partial charge in [0.25, 0.3) is 35.4 Å². The van der Waals surface area contributed by atoms with Gasteiger partial charge in [0.2, 0.25) is 23.3 Å². The van der Waals surface area contributed by atoms with E-state index in [-0.39, 0.29) is 116 Å². The van der Waals surface area contributed by atoms with Crippen molar-refractivity contribution < 1.29 is 91.0 Å². The van der Waals surface area contributed by atoms with E-state index >= 15 is 0 Å². The molecule has 0 N–H and O–H groups in total. The van der Waals surface area contributed by atoms with Gasteiger partial charge >= 0.3 is 24.7 Å². The molecular weight excluding hydrogens is 1670 g/mol. The molecule has 26 nitrogen and oxygen atoms in total. The number of ketones is 2. The van der Waals surface area contributed by atoms with Gasteiger partial charge in [0.15, 0.2) is 34.2 Å². The minimum absolute atomic E-state index is 0.0282. The van der Waals surface area contributed by atoms with E-state index in [1.807, 2.05) is 0 Å². The van der Waals surface area contributed by atoms with E-state index in [9.17, 15) is 91.0 Å². The SMILES string of the molecule is CCC(=O)c1ccc2nnc(C(=O)N3CCC(c4ccccc4C(F)(F)F)CC3)n2c1.CCC(=O)c1ccn2c(C(=O)N3CCC(c4ccccc4C(F)(F)F)CC3)nnc2c1.CN(C)C(=O)c1ccc2nnc(C(=O)N3CCC(c4ccccc4C(F)(F)F)CC3)n2c1.CN(C)C(=O)c1ccn2c(C(=O)N3CCC(c4ccccc4C(F)(F)F)CC3)nnc2c1. The van der Waals surface area contributed by atoms with Crippen molar-refractivity contribution >= 4 is 69.6 Å². The number of pyridine rings is 4. The van der Waals surface area contributed by atoms with Gasteiger partial charge in [-0.3, -0.25) is 56.0 Å². The number of amides is 6. The number of likely N-dealkylation sites (tertiary alicyclic amines) is 4. The average molecular weight is 1750 g/mol. The molecule has 16 rings (SSSR count). The predicted molar refractivity (Wildman–Crippen MR) is 435 cm³/mol. The fraction of sp³-hybridized carbons (Fsp3) is 0.364. The number of aromatic nitrogens is 12. The van der Waals surface area contributed by atoms with Gasteiger partial charge in [0.05, 0.1) is 27.8 Å². The second-order valence-corrected chi connectivity index (χ2v) is 31.2. The number of hydrogen-bond acceptors (Lipinski definition) is 16. The Morgan fingerprint density at radius 2 is 0.563 bits per heavy atom. The summed E-state index contributed by atoms with van der Waals surface area (Å²) in [4.78, 5) is 110. The van der Waals surface area contributed by atoms with Crippen molar-refractivity contribution in [3.05, 3.63) is 260 Å². The van der Waals surface area contributed by atoms with E-state index in [1.54, 1.807) is 153 Å². The normalized spacial score (nSPS) is 15.3. The highest BCUT2D eigenvalue weighted by atomic mass is 19.4. The van der Waals surface area contributed by atoms with Crippen LogP contribution in [-0.2, 0) is 24.7 Å². The number of halogens is 12. The Labute approximate surface area is 712 Å². The van der Waals surface area contributed by atoms with Crippen molar-refractivity contribution in [2.24, 2.45) is 0 Å². The van der Waals surface area contributed by atoms with Crippen LogP contribution in [0, 0.1) is 0 Å². The molecule has 0 aliphatic carbocycles. The molecule has 4 aromatic carbocycles. The van der Waals surface area contributed by atoms with E-state index in [2.05, 4.69) is 40.8 Å². The van der Waals surface area contributed by atoms with Crippen LogP contribution in [0.4, 0.5) is 52.7 Å². The molecule has 8 aromatic heterocycles. The van der Waals surface area contributed by atoms with Crippen molar-refractivity contribution in [3.63, 3.8) is 0 Å². The van der Waals surface area contributed by atoms with E-state index in [0.29, 0.717) is 161 Å². The first-order valence-corrected chi connectivity index (χ1v) is 40.6. The molecule has 38 heteroatoms. The number of rotatable bonds is 14. The van der Waals surface area contributed by atoms with Gasteiger partial charge in [-0.2, -0.15) is 52.7 Å². The van der Waals surface area contributed by atoms with Crippen molar-refractivity contribution in [2.45, 2.75) is 126 Å². The third-order valence-corrected chi connectivity index (χ3v) is 22.9. The van der Waals surface area contributed by atoms with E-state index < -0.39 is 47.0 Å². The zero-order valence-electron chi connectivity index (χ0n) is 69.1. The Bertz CT molecular complexity index is 6040. The number of hydrogen-bond donors (Lipinski definition) is 0. The fourth-order valence-electron chi connectivity index (χ4n) is 16.3. The number of nitrogens with zero attached hydrogens (tertiary/aromatic N) is 18. The van der Waals surface area contributed by atoms with Crippen LogP contribution in [0.3, 0.4) is 0 Å². The minimum atomic E-state index is -4.41. The highest BCUT2D eigenvalue weighted by Crippen LogP contribution is 2.44. The summed E-state index contributed by atoms with van der Waals surface area (Å²) in [5, 5.41) is 31.9. The van der Waals surface area contributed by atoms with Gasteiger partial charge in [0.1, 0.15) is 0 Å². The average Bonchev–Trinajstić information content (AvgIpc) is 1.64. The van der Waals surface area contributed by atoms with Gasteiger partial charge in [-0.25, -0.2) is 0 Å². The van der Waals surface area contributed by atoms with Crippen LogP contribution >= 0.6 is 0 Å². The molecule has 660 valence electrons. The second kappa shape index (κ2) is 37.6. The van der Waals surface area contributed by atoms with Crippen LogP contribution in [-0.4, -0.2) is 215 Å². The standard InChI is InChI=1S/2C22H22F3N5O2.2C22H21F3N4O2/c1-28(2)20(31)15-9-12-30-18(13-15)26-27-19(30)21(32)29-10-7-14(8-11-29)16-5-3-4-6-17(16)22(23,24)25;1-28(2)20(31)15-7-8-18-26-27-19(30(18)13-15)21(32)29-11-9-14(10-12-29)16-5-3-4-6-17(16)22(23,24)25;1-2-18(30)15-9-12-29-19(13-15)26-27-20(29)21(31)28-10-7-14(8-11-28)16-5-3-4-6-17(16)22(23,24)25;1-2-18(30)15-7-8-19-26-27-20(29(19)13-15)21(31)28-11-9-14(10-12-28)16-5-3-4-6-17(16)22(23,24)25/h3-6,9,12-14H,7-8,10-11H2,1-2H3;3-8,13-14H,9-12H2,1-2H3;3-6,9,12-14H,2,7-8,10-11H2,1H3;3-8,13-14H,2,9-12H2,1H3. The lowest BCUT2D eigenvalue weighted by molar-refractivity contribution is -0.139. The predicted octanol–water partition coefficient (Wildman–Crippen LogP) is 15.7. The summed E-state index contributed by atoms with van der Waals surface area (Å²) < 4.78 is 166. The quantitative estimate of drug-likeness (QED) is 0.0722. The highest BCUT2D eigenvalue weighted by molar-refractivity contribution is 5.99. The zero-order chi connectivity index (χ0) is 90.4. The molecule has 0 unspecified atom stereocenters. The largest absolute Gasteiger partial charge is 0.416 e. The molecule has 0 atom stereocenters. The van der Waals surface area contributed by atoms with Crippen molar-refractivity contribution in [2.75, 3.05) is 80.5 Å². The minimum Gasteiger partial charge on any atom is -0.345 e. The lowest BCUT2D eigenvalue weighted by Gasteiger charge is -2.32. The van der Waals surface area contributed by atoms with Gasteiger partial charge in [-0.05, 0) is 170 Å². The first kappa shape index (κ1) is 90.4. The molecule has 6 amide bonds. The zero-order valence-corrected chi connectivity index (χ0v) is 69.1. The van der Waals surface area contributed by atoms with Crippen molar-refractivity contribution in [3.8, 4) is 0 Å². The van der Waals surface area contributed by atoms with Gasteiger partial charge < -0.3 is 29.4 Å². The van der Waals surface area contributed by atoms with Crippen LogP contribution in [0.15, 0.2) is 170 Å². The number of alkyl halides is 12. The Morgan fingerprint density at radius 1 is 0.310 bits per heavy atom. The number of carbonyl (C=O) groups is 8. The van der Waals surface area contributed by atoms with Crippen LogP contribution in [0.5, 0.6) is 0 Å². The maximum Gasteiger partial charge on any atom is 0.416 e. The number of carbonyl (C=O) groups excluding carboxylic acids is 8. The summed E-state index contributed by atoms with van der Waals surface area (Å²) in [6.07, 6.45) is -7.26. The number of fused-ring (bicyclic) bond motifs is 4. The van der Waals surface area contributed by atoms with Crippen LogP contribution in [0.2, 0.25) is 0 Å². The molecule has 0 spiro atoms. The Kier molecular flexibility index (Phi) is 27.0. The third kappa shape index (κ3) is 19.9. The summed E-state index contributed by atoms with van der Waals surface area (Å²) in [6.45, 7) is 6.07. The van der Waals surface area contributed by atoms with Crippen molar-refractivity contribution in [1.82, 2.24) is 87.8 Å². The summed E-state index contributed by atoms with van der Waals surface area (Å²) in [5.74, 6) is -2.57. The molecule has 0 radical (unpaired) electrons. The van der Waals surface area contributed by atoms with Gasteiger partial charge in [-0.15, -0.1) is 40.8 Å². The summed E-state index contributed by atoms with van der Waals surface area (Å²) in [6, 6.07) is 35.3. The maximum atomic E-state index is 13.4. The molecule has 12 heterocycles. The lowest BCUT2D eigenvalue weighted by Crippen LogP contribution is -2.39. The summed E-state index contributed by atoms with van der Waals surface area (Å²) in [5.41, 5.74) is 2.08. The van der Waals surface area contributed by atoms with Gasteiger partial charge in [-0.1, -0.05) is 86.6 Å². The van der Waals surface area contributed by atoms with E-state index in [4.69, 9.17) is 0 Å². The summed E-state index contributed by atoms with van der Waals surface area (Å²) >= 11 is 0. The molecular formula is C88H86F12N18O8. The highest BCUT2D eigenvalue weighted by Gasteiger charge is 2.42. The molecule has 0 bridgehead atoms. The number of benzene rings is 4. The monoisotopic (exact) mass is 1750 g/mol. The lowest BCUT2D eigenvalue weighted by atomic mass is 9.86. The first-order chi connectivity index (χ1) is 59.9. The topological polar surface area (TPSA) is 277 Å². The third-order valence-electron chi connectivity index (χ3n) is 22.9. The second-order valence-electron chi connectivity index (χ2n) is 31.2. The number of piperidine rings is 4.